The minimum Gasteiger partial charge on any atom is -0.377 e. The van der Waals surface area contributed by atoms with E-state index in [9.17, 15) is 0 Å². The van der Waals surface area contributed by atoms with Crippen LogP contribution in [0.4, 0.5) is 0 Å². The van der Waals surface area contributed by atoms with E-state index in [1.807, 2.05) is 12.4 Å². The lowest BCUT2D eigenvalue weighted by molar-refractivity contribution is 0.122. The zero-order chi connectivity index (χ0) is 26.3. The van der Waals surface area contributed by atoms with Crippen molar-refractivity contribution in [2.75, 3.05) is 42.7 Å². The summed E-state index contributed by atoms with van der Waals surface area (Å²) in [4.78, 5) is 9.16. The Morgan fingerprint density at radius 2 is 0.889 bits per heavy atom. The first kappa shape index (κ1) is 30.7. The van der Waals surface area contributed by atoms with E-state index in [4.69, 9.17) is 26.6 Å². The molecule has 0 aromatic carbocycles. The molecule has 0 saturated carbocycles. The number of aryl methyl sites for hydroxylation is 2. The summed E-state index contributed by atoms with van der Waals surface area (Å²) in [5.74, 6) is 0. The van der Waals surface area contributed by atoms with Crippen molar-refractivity contribution in [3.05, 3.63) is 47.8 Å². The number of hydrogen-bond acceptors (Lipinski definition) is 8. The predicted molar refractivity (Wildman–Crippen MR) is 146 cm³/mol. The zero-order valence-corrected chi connectivity index (χ0v) is 24.9. The molecule has 0 unspecified atom stereocenters. The minimum atomic E-state index is -2.47. The monoisotopic (exact) mass is 536 g/mol. The first-order valence-corrected chi connectivity index (χ1v) is 16.6. The Morgan fingerprint density at radius 1 is 0.528 bits per heavy atom. The second-order valence-corrected chi connectivity index (χ2v) is 15.0. The van der Waals surface area contributed by atoms with Gasteiger partial charge in [-0.3, -0.25) is 9.97 Å². The van der Waals surface area contributed by atoms with Gasteiger partial charge >= 0.3 is 17.6 Å². The molecule has 0 aliphatic heterocycles. The topological polar surface area (TPSA) is 81.2 Å². The van der Waals surface area contributed by atoms with Crippen molar-refractivity contribution in [3.8, 4) is 11.4 Å². The molecule has 36 heavy (non-hydrogen) atoms. The summed E-state index contributed by atoms with van der Waals surface area (Å²) >= 11 is 0. The van der Waals surface area contributed by atoms with E-state index >= 15 is 0 Å². The molecule has 202 valence electrons. The molecule has 0 aliphatic rings. The van der Waals surface area contributed by atoms with Gasteiger partial charge in [-0.25, -0.2) is 0 Å². The van der Waals surface area contributed by atoms with Crippen LogP contribution in [0, 0.1) is 0 Å². The summed E-state index contributed by atoms with van der Waals surface area (Å²) in [6.45, 7) is 0. The fourth-order valence-electron chi connectivity index (χ4n) is 4.35. The van der Waals surface area contributed by atoms with Crippen molar-refractivity contribution < 1.29 is 26.6 Å². The van der Waals surface area contributed by atoms with Gasteiger partial charge in [0.15, 0.2) is 0 Å². The van der Waals surface area contributed by atoms with E-state index < -0.39 is 17.6 Å². The predicted octanol–water partition coefficient (Wildman–Crippen LogP) is 5.33. The highest BCUT2D eigenvalue weighted by molar-refractivity contribution is 6.60. The number of rotatable bonds is 19. The Hall–Kier alpha value is -1.51. The number of hydrogen-bond donors (Lipinski definition) is 0. The van der Waals surface area contributed by atoms with Crippen LogP contribution in [0.2, 0.25) is 12.1 Å². The molecule has 10 heteroatoms. The molecule has 0 spiro atoms. The lowest BCUT2D eigenvalue weighted by Gasteiger charge is -2.24. The van der Waals surface area contributed by atoms with Gasteiger partial charge in [-0.05, 0) is 73.9 Å². The van der Waals surface area contributed by atoms with Crippen LogP contribution in [-0.2, 0) is 39.4 Å². The third-order valence-corrected chi connectivity index (χ3v) is 12.3. The molecule has 0 saturated heterocycles. The molecule has 2 aromatic heterocycles. The third kappa shape index (κ3) is 9.42. The molecule has 0 fully saturated rings. The van der Waals surface area contributed by atoms with Crippen molar-refractivity contribution in [2.45, 2.75) is 63.5 Å². The maximum Gasteiger partial charge on any atom is 0.500 e. The fraction of sp³-hybridized carbons (Fsp3) is 0.615. The molecular formula is C26H44N2O6Si2. The number of pyridine rings is 2. The van der Waals surface area contributed by atoms with Gasteiger partial charge in [-0.2, -0.15) is 0 Å². The van der Waals surface area contributed by atoms with Gasteiger partial charge in [0.25, 0.3) is 0 Å². The van der Waals surface area contributed by atoms with Crippen molar-refractivity contribution in [2.24, 2.45) is 0 Å². The maximum atomic E-state index is 5.51. The van der Waals surface area contributed by atoms with E-state index in [0.29, 0.717) is 0 Å². The standard InChI is InChI=1S/C26H44N2O6Si2/c1-29-35(30-2,31-3)19-11-7-9-13-23-15-17-27-25(21-23)26-22-24(16-18-28-26)14-10-8-12-20-36(32-4,33-5)34-6/h15-18,21-22H,7-14,19-20H2,1-6H3. The Balaban J connectivity index is 1.83. The Morgan fingerprint density at radius 3 is 1.22 bits per heavy atom. The first-order chi connectivity index (χ1) is 17.5. The molecule has 0 atom stereocenters. The molecule has 2 rings (SSSR count). The number of unbranched alkanes of at least 4 members (excludes halogenated alkanes) is 4. The van der Waals surface area contributed by atoms with Gasteiger partial charge in [0, 0.05) is 67.1 Å². The van der Waals surface area contributed by atoms with Crippen LogP contribution in [0.1, 0.15) is 49.7 Å². The van der Waals surface area contributed by atoms with E-state index in [1.54, 1.807) is 42.7 Å². The lowest BCUT2D eigenvalue weighted by atomic mass is 10.0. The molecular weight excluding hydrogens is 492 g/mol. The molecule has 0 radical (unpaired) electrons. The fourth-order valence-corrected chi connectivity index (χ4v) is 7.94. The van der Waals surface area contributed by atoms with Crippen molar-refractivity contribution in [1.82, 2.24) is 9.97 Å². The van der Waals surface area contributed by atoms with Gasteiger partial charge in [0.05, 0.1) is 11.4 Å². The highest BCUT2D eigenvalue weighted by Gasteiger charge is 2.37. The molecule has 8 nitrogen and oxygen atoms in total. The van der Waals surface area contributed by atoms with E-state index in [0.717, 1.165) is 74.8 Å². The summed E-state index contributed by atoms with van der Waals surface area (Å²) in [5.41, 5.74) is 4.41. The van der Waals surface area contributed by atoms with Gasteiger partial charge < -0.3 is 26.6 Å². The highest BCUT2D eigenvalue weighted by Crippen LogP contribution is 2.22. The maximum absolute atomic E-state index is 5.51. The van der Waals surface area contributed by atoms with Gasteiger partial charge in [-0.1, -0.05) is 12.8 Å². The second kappa shape index (κ2) is 16.4. The largest absolute Gasteiger partial charge is 0.500 e. The van der Waals surface area contributed by atoms with E-state index in [2.05, 4.69) is 34.2 Å². The Labute approximate surface area is 219 Å². The molecule has 0 amide bonds. The van der Waals surface area contributed by atoms with Gasteiger partial charge in [-0.15, -0.1) is 0 Å². The van der Waals surface area contributed by atoms with Crippen LogP contribution < -0.4 is 0 Å². The summed E-state index contributed by atoms with van der Waals surface area (Å²) in [7, 11) is 5.06. The summed E-state index contributed by atoms with van der Waals surface area (Å²) in [6, 6.07) is 10.2. The SMILES string of the molecule is CO[Si](CCCCCc1ccnc(-c2cc(CCCCC[Si](OC)(OC)OC)ccn2)c1)(OC)OC. The molecule has 2 aromatic rings. The second-order valence-electron chi connectivity index (χ2n) is 8.81. The van der Waals surface area contributed by atoms with Crippen LogP contribution in [-0.4, -0.2) is 70.2 Å². The third-order valence-electron chi connectivity index (χ3n) is 6.67. The van der Waals surface area contributed by atoms with Gasteiger partial charge in [0.2, 0.25) is 0 Å². The Bertz CT molecular complexity index is 793. The minimum absolute atomic E-state index is 0.836. The molecule has 2 heterocycles. The lowest BCUT2D eigenvalue weighted by Crippen LogP contribution is -2.42. The Kier molecular flexibility index (Phi) is 14.0. The number of aromatic nitrogens is 2. The van der Waals surface area contributed by atoms with Crippen LogP contribution in [0.25, 0.3) is 11.4 Å². The normalized spacial score (nSPS) is 12.3. The van der Waals surface area contributed by atoms with Crippen LogP contribution in [0.15, 0.2) is 36.7 Å². The molecule has 0 bridgehead atoms. The van der Waals surface area contributed by atoms with Crippen molar-refractivity contribution >= 4 is 17.6 Å². The van der Waals surface area contributed by atoms with Gasteiger partial charge in [0.1, 0.15) is 0 Å². The average molecular weight is 537 g/mol. The van der Waals surface area contributed by atoms with Crippen molar-refractivity contribution in [3.63, 3.8) is 0 Å². The highest BCUT2D eigenvalue weighted by atomic mass is 28.4. The first-order valence-electron chi connectivity index (χ1n) is 12.7. The zero-order valence-electron chi connectivity index (χ0n) is 22.9. The quantitative estimate of drug-likeness (QED) is 0.176. The smallest absolute Gasteiger partial charge is 0.377 e. The molecule has 0 aliphatic carbocycles. The van der Waals surface area contributed by atoms with Crippen LogP contribution in [0.3, 0.4) is 0 Å². The van der Waals surface area contributed by atoms with Crippen molar-refractivity contribution in [1.29, 1.82) is 0 Å². The number of nitrogens with zero attached hydrogens (tertiary/aromatic N) is 2. The summed E-state index contributed by atoms with van der Waals surface area (Å²) in [5, 5.41) is 0. The van der Waals surface area contributed by atoms with Crippen LogP contribution >= 0.6 is 0 Å². The van der Waals surface area contributed by atoms with E-state index in [-0.39, 0.29) is 0 Å². The van der Waals surface area contributed by atoms with Crippen LogP contribution in [0.5, 0.6) is 0 Å². The molecule has 0 N–H and O–H groups in total. The van der Waals surface area contributed by atoms with E-state index in [1.165, 1.54) is 11.1 Å². The average Bonchev–Trinajstić information content (AvgIpc) is 2.94. The summed E-state index contributed by atoms with van der Waals surface area (Å²) < 4.78 is 33.0. The summed E-state index contributed by atoms with van der Waals surface area (Å²) in [6.07, 6.45) is 12.2.